The van der Waals surface area contributed by atoms with Gasteiger partial charge in [-0.05, 0) is 36.5 Å². The molecule has 1 aromatic heterocycles. The summed E-state index contributed by atoms with van der Waals surface area (Å²) in [6, 6.07) is 10.4. The number of anilines is 1. The fourth-order valence-corrected chi connectivity index (χ4v) is 2.19. The topological polar surface area (TPSA) is 38.9 Å². The number of pyridine rings is 1. The molecule has 3 rings (SSSR count). The van der Waals surface area contributed by atoms with Crippen LogP contribution in [0.15, 0.2) is 30.3 Å². The molecule has 0 saturated heterocycles. The molecule has 1 fully saturated rings. The van der Waals surface area contributed by atoms with Gasteiger partial charge in [0.2, 0.25) is 0 Å². The van der Waals surface area contributed by atoms with E-state index in [1.807, 2.05) is 18.2 Å². The van der Waals surface area contributed by atoms with Gasteiger partial charge in [-0.2, -0.15) is 0 Å². The third kappa shape index (κ3) is 1.37. The predicted molar refractivity (Wildman–Crippen MR) is 62.7 cm³/mol. The van der Waals surface area contributed by atoms with Crippen molar-refractivity contribution in [3.8, 4) is 0 Å². The number of benzene rings is 1. The highest BCUT2D eigenvalue weighted by atomic mass is 14.8. The number of hydrogen-bond donors (Lipinski definition) is 1. The number of hydrogen-bond acceptors (Lipinski definition) is 2. The van der Waals surface area contributed by atoms with Crippen molar-refractivity contribution in [2.75, 3.05) is 5.73 Å². The van der Waals surface area contributed by atoms with E-state index in [-0.39, 0.29) is 0 Å². The van der Waals surface area contributed by atoms with Crippen molar-refractivity contribution >= 4 is 16.7 Å². The minimum Gasteiger partial charge on any atom is -0.383 e. The van der Waals surface area contributed by atoms with E-state index in [1.54, 1.807) is 0 Å². The lowest BCUT2D eigenvalue weighted by Gasteiger charge is -2.26. The normalized spacial score (nSPS) is 16.5. The summed E-state index contributed by atoms with van der Waals surface area (Å²) in [6.45, 7) is 0. The van der Waals surface area contributed by atoms with Gasteiger partial charge in [-0.15, -0.1) is 0 Å². The Balaban J connectivity index is 2.17. The molecule has 2 nitrogen and oxygen atoms in total. The van der Waals surface area contributed by atoms with Gasteiger partial charge in [-0.1, -0.05) is 24.6 Å². The maximum absolute atomic E-state index is 5.99. The van der Waals surface area contributed by atoms with Crippen molar-refractivity contribution < 1.29 is 0 Å². The van der Waals surface area contributed by atoms with Gasteiger partial charge in [-0.3, -0.25) is 0 Å². The molecule has 2 N–H and O–H groups in total. The lowest BCUT2D eigenvalue weighted by atomic mass is 9.80. The van der Waals surface area contributed by atoms with Gasteiger partial charge in [0.15, 0.2) is 0 Å². The van der Waals surface area contributed by atoms with Crippen LogP contribution in [-0.4, -0.2) is 4.98 Å². The zero-order valence-corrected chi connectivity index (χ0v) is 8.61. The van der Waals surface area contributed by atoms with E-state index in [2.05, 4.69) is 17.1 Å². The quantitative estimate of drug-likeness (QED) is 0.764. The molecule has 2 heteroatoms. The number of nitrogens with two attached hydrogens (primary N) is 1. The lowest BCUT2D eigenvalue weighted by molar-refractivity contribution is 0.420. The van der Waals surface area contributed by atoms with Crippen LogP contribution in [0.5, 0.6) is 0 Å². The maximum Gasteiger partial charge on any atom is 0.127 e. The first-order valence-corrected chi connectivity index (χ1v) is 5.50. The molecule has 76 valence electrons. The highest BCUT2D eigenvalue weighted by Gasteiger charge is 2.22. The SMILES string of the molecule is Nc1nc2ccccc2cc1C1CCC1. The van der Waals surface area contributed by atoms with E-state index in [1.165, 1.54) is 30.2 Å². The van der Waals surface area contributed by atoms with Gasteiger partial charge in [-0.25, -0.2) is 4.98 Å². The molecule has 15 heavy (non-hydrogen) atoms. The van der Waals surface area contributed by atoms with Crippen LogP contribution in [-0.2, 0) is 0 Å². The van der Waals surface area contributed by atoms with E-state index in [0.717, 1.165) is 11.3 Å². The molecule has 0 unspecified atom stereocenters. The molecule has 1 aromatic carbocycles. The van der Waals surface area contributed by atoms with Gasteiger partial charge >= 0.3 is 0 Å². The summed E-state index contributed by atoms with van der Waals surface area (Å²) in [7, 11) is 0. The smallest absolute Gasteiger partial charge is 0.127 e. The van der Waals surface area contributed by atoms with Crippen molar-refractivity contribution in [1.82, 2.24) is 4.98 Å². The monoisotopic (exact) mass is 198 g/mol. The van der Waals surface area contributed by atoms with Gasteiger partial charge < -0.3 is 5.73 Å². The van der Waals surface area contributed by atoms with Crippen LogP contribution >= 0.6 is 0 Å². The van der Waals surface area contributed by atoms with Crippen LogP contribution in [0.1, 0.15) is 30.7 Å². The Morgan fingerprint density at radius 1 is 1.20 bits per heavy atom. The molecule has 1 aliphatic carbocycles. The van der Waals surface area contributed by atoms with Crippen LogP contribution in [0.2, 0.25) is 0 Å². The lowest BCUT2D eigenvalue weighted by Crippen LogP contribution is -2.12. The second-order valence-electron chi connectivity index (χ2n) is 4.28. The van der Waals surface area contributed by atoms with Crippen molar-refractivity contribution in [2.24, 2.45) is 0 Å². The Hall–Kier alpha value is -1.57. The van der Waals surface area contributed by atoms with Crippen LogP contribution in [0, 0.1) is 0 Å². The van der Waals surface area contributed by atoms with Crippen molar-refractivity contribution in [1.29, 1.82) is 0 Å². The number of nitrogen functional groups attached to an aromatic ring is 1. The molecule has 1 heterocycles. The zero-order valence-electron chi connectivity index (χ0n) is 8.61. The van der Waals surface area contributed by atoms with Crippen LogP contribution in [0.25, 0.3) is 10.9 Å². The standard InChI is InChI=1S/C13H14N2/c14-13-11(9-5-3-6-9)8-10-4-1-2-7-12(10)15-13/h1-2,4,7-9H,3,5-6H2,(H2,14,15). The largest absolute Gasteiger partial charge is 0.383 e. The molecule has 0 atom stereocenters. The third-order valence-corrected chi connectivity index (χ3v) is 3.33. The van der Waals surface area contributed by atoms with Crippen molar-refractivity contribution in [2.45, 2.75) is 25.2 Å². The molecule has 1 saturated carbocycles. The number of para-hydroxylation sites is 1. The number of rotatable bonds is 1. The van der Waals surface area contributed by atoms with E-state index < -0.39 is 0 Å². The molecule has 0 bridgehead atoms. The van der Waals surface area contributed by atoms with Crippen LogP contribution in [0.4, 0.5) is 5.82 Å². The summed E-state index contributed by atoms with van der Waals surface area (Å²) < 4.78 is 0. The summed E-state index contributed by atoms with van der Waals surface area (Å²) in [4.78, 5) is 4.46. The summed E-state index contributed by atoms with van der Waals surface area (Å²) in [6.07, 6.45) is 3.87. The summed E-state index contributed by atoms with van der Waals surface area (Å²) >= 11 is 0. The van der Waals surface area contributed by atoms with Crippen LogP contribution in [0.3, 0.4) is 0 Å². The summed E-state index contributed by atoms with van der Waals surface area (Å²) in [5.41, 5.74) is 8.23. The first kappa shape index (κ1) is 8.72. The average Bonchev–Trinajstić information content (AvgIpc) is 2.16. The molecule has 0 amide bonds. The fourth-order valence-electron chi connectivity index (χ4n) is 2.19. The van der Waals surface area contributed by atoms with Crippen LogP contribution < -0.4 is 5.73 Å². The van der Waals surface area contributed by atoms with Gasteiger partial charge in [0.05, 0.1) is 5.52 Å². The van der Waals surface area contributed by atoms with E-state index in [0.29, 0.717) is 5.92 Å². The highest BCUT2D eigenvalue weighted by molar-refractivity contribution is 5.81. The Morgan fingerprint density at radius 2 is 2.00 bits per heavy atom. The predicted octanol–water partition coefficient (Wildman–Crippen LogP) is 3.08. The van der Waals surface area contributed by atoms with Gasteiger partial charge in [0.1, 0.15) is 5.82 Å². The van der Waals surface area contributed by atoms with Gasteiger partial charge in [0.25, 0.3) is 0 Å². The van der Waals surface area contributed by atoms with E-state index in [9.17, 15) is 0 Å². The first-order chi connectivity index (χ1) is 7.34. The van der Waals surface area contributed by atoms with Crippen molar-refractivity contribution in [3.63, 3.8) is 0 Å². The Bertz CT molecular complexity index is 501. The maximum atomic E-state index is 5.99. The molecule has 0 radical (unpaired) electrons. The molecule has 2 aromatic rings. The average molecular weight is 198 g/mol. The van der Waals surface area contributed by atoms with E-state index in [4.69, 9.17) is 5.73 Å². The second kappa shape index (κ2) is 3.23. The number of fused-ring (bicyclic) bond motifs is 1. The Morgan fingerprint density at radius 3 is 2.73 bits per heavy atom. The molecule has 0 spiro atoms. The number of nitrogens with zero attached hydrogens (tertiary/aromatic N) is 1. The summed E-state index contributed by atoms with van der Waals surface area (Å²) in [5.74, 6) is 1.38. The molecular formula is C13H14N2. The molecule has 1 aliphatic rings. The molecule has 0 aliphatic heterocycles. The summed E-state index contributed by atoms with van der Waals surface area (Å²) in [5, 5.41) is 1.20. The third-order valence-electron chi connectivity index (χ3n) is 3.33. The fraction of sp³-hybridized carbons (Fsp3) is 0.308. The highest BCUT2D eigenvalue weighted by Crippen LogP contribution is 2.39. The zero-order chi connectivity index (χ0) is 10.3. The second-order valence-corrected chi connectivity index (χ2v) is 4.28. The minimum atomic E-state index is 0.655. The number of aromatic nitrogens is 1. The first-order valence-electron chi connectivity index (χ1n) is 5.50. The Labute approximate surface area is 89.1 Å². The van der Waals surface area contributed by atoms with E-state index >= 15 is 0 Å². The van der Waals surface area contributed by atoms with Gasteiger partial charge in [0, 0.05) is 5.39 Å². The Kier molecular flexibility index (Phi) is 1.88. The molecular weight excluding hydrogens is 184 g/mol. The minimum absolute atomic E-state index is 0.655. The van der Waals surface area contributed by atoms with Crippen molar-refractivity contribution in [3.05, 3.63) is 35.9 Å².